The zero-order chi connectivity index (χ0) is 20.2. The quantitative estimate of drug-likeness (QED) is 0.688. The van der Waals surface area contributed by atoms with Gasteiger partial charge in [0.1, 0.15) is 0 Å². The number of allylic oxidation sites excluding steroid dienone is 1. The molecule has 2 aromatic heterocycles. The van der Waals surface area contributed by atoms with E-state index >= 15 is 0 Å². The first-order chi connectivity index (χ1) is 14.2. The molecule has 154 valence electrons. The molecule has 29 heavy (non-hydrogen) atoms. The first-order valence-electron chi connectivity index (χ1n) is 9.66. The van der Waals surface area contributed by atoms with Crippen LogP contribution in [0.2, 0.25) is 0 Å². The van der Waals surface area contributed by atoms with E-state index in [9.17, 15) is 4.79 Å². The highest BCUT2D eigenvalue weighted by Gasteiger charge is 2.21. The summed E-state index contributed by atoms with van der Waals surface area (Å²) in [4.78, 5) is 23.3. The van der Waals surface area contributed by atoms with Crippen molar-refractivity contribution in [3.05, 3.63) is 29.6 Å². The maximum Gasteiger partial charge on any atom is 0.230 e. The van der Waals surface area contributed by atoms with Gasteiger partial charge >= 0.3 is 0 Å². The van der Waals surface area contributed by atoms with Crippen LogP contribution < -0.4 is 15.5 Å². The maximum atomic E-state index is 11.7. The average molecular weight is 399 g/mol. The van der Waals surface area contributed by atoms with Gasteiger partial charge in [0.25, 0.3) is 0 Å². The van der Waals surface area contributed by atoms with Crippen molar-refractivity contribution in [1.82, 2.24) is 24.9 Å². The number of rotatable bonds is 6. The highest BCUT2D eigenvalue weighted by Crippen LogP contribution is 2.24. The number of carbonyl (C=O) groups excluding carboxylic acids is 1. The predicted molar refractivity (Wildman–Crippen MR) is 109 cm³/mol. The fraction of sp³-hybridized carbons (Fsp3) is 0.474. The summed E-state index contributed by atoms with van der Waals surface area (Å²) in [6, 6.07) is 0. The smallest absolute Gasteiger partial charge is 0.230 e. The van der Waals surface area contributed by atoms with Gasteiger partial charge < -0.3 is 25.0 Å². The Morgan fingerprint density at radius 1 is 1.38 bits per heavy atom. The molecule has 0 aromatic carbocycles. The predicted octanol–water partition coefficient (Wildman–Crippen LogP) is 0.826. The van der Waals surface area contributed by atoms with Crippen molar-refractivity contribution in [3.8, 4) is 0 Å². The van der Waals surface area contributed by atoms with Gasteiger partial charge in [-0.2, -0.15) is 19.6 Å². The second-order valence-corrected chi connectivity index (χ2v) is 6.93. The number of fused-ring (bicyclic) bond motifs is 1. The lowest BCUT2D eigenvalue weighted by Gasteiger charge is -2.20. The molecule has 0 aliphatic carbocycles. The molecule has 1 amide bonds. The highest BCUT2D eigenvalue weighted by molar-refractivity contribution is 5.89. The topological polar surface area (TPSA) is 106 Å². The van der Waals surface area contributed by atoms with Crippen LogP contribution in [-0.4, -0.2) is 72.1 Å². The average Bonchev–Trinajstić information content (AvgIpc) is 3.12. The van der Waals surface area contributed by atoms with E-state index in [0.717, 1.165) is 37.3 Å². The minimum atomic E-state index is -0.0560. The second kappa shape index (κ2) is 8.58. The van der Waals surface area contributed by atoms with Crippen LogP contribution in [-0.2, 0) is 14.3 Å². The Bertz CT molecular complexity index is 945. The number of nitrogens with zero attached hydrogens (tertiary/aromatic N) is 5. The molecule has 2 aliphatic rings. The number of carbonyl (C=O) groups is 1. The normalized spacial score (nSPS) is 19.1. The molecule has 0 unspecified atom stereocenters. The largest absolute Gasteiger partial charge is 0.383 e. The molecule has 10 heteroatoms. The first-order valence-corrected chi connectivity index (χ1v) is 9.66. The molecule has 0 bridgehead atoms. The molecule has 2 aromatic rings. The second-order valence-electron chi connectivity index (χ2n) is 6.93. The number of hydrogen-bond donors (Lipinski definition) is 2. The molecule has 2 aliphatic heterocycles. The minimum Gasteiger partial charge on any atom is -0.383 e. The van der Waals surface area contributed by atoms with Gasteiger partial charge in [0.2, 0.25) is 17.8 Å². The molecular weight excluding hydrogens is 374 g/mol. The van der Waals surface area contributed by atoms with Crippen molar-refractivity contribution < 1.29 is 14.3 Å². The van der Waals surface area contributed by atoms with Crippen molar-refractivity contribution in [2.75, 3.05) is 56.8 Å². The van der Waals surface area contributed by atoms with E-state index in [0.29, 0.717) is 49.4 Å². The highest BCUT2D eigenvalue weighted by atomic mass is 16.5. The van der Waals surface area contributed by atoms with E-state index in [4.69, 9.17) is 19.4 Å². The van der Waals surface area contributed by atoms with Crippen LogP contribution in [0.15, 0.2) is 24.0 Å². The lowest BCUT2D eigenvalue weighted by Crippen LogP contribution is -2.28. The summed E-state index contributed by atoms with van der Waals surface area (Å²) < 4.78 is 12.4. The van der Waals surface area contributed by atoms with E-state index in [1.807, 2.05) is 6.08 Å². The van der Waals surface area contributed by atoms with Gasteiger partial charge in [-0.25, -0.2) is 0 Å². The molecule has 0 atom stereocenters. The van der Waals surface area contributed by atoms with Gasteiger partial charge in [-0.05, 0) is 18.1 Å². The Morgan fingerprint density at radius 2 is 2.28 bits per heavy atom. The third kappa shape index (κ3) is 4.22. The Morgan fingerprint density at radius 3 is 3.07 bits per heavy atom. The number of ether oxygens (including phenoxy) is 2. The van der Waals surface area contributed by atoms with Crippen molar-refractivity contribution >= 4 is 29.5 Å². The zero-order valence-electron chi connectivity index (χ0n) is 16.5. The summed E-state index contributed by atoms with van der Waals surface area (Å²) in [5.74, 6) is 1.17. The van der Waals surface area contributed by atoms with Crippen LogP contribution in [0.1, 0.15) is 18.4 Å². The number of amides is 1. The van der Waals surface area contributed by atoms with E-state index < -0.39 is 0 Å². The summed E-state index contributed by atoms with van der Waals surface area (Å²) in [6.07, 6.45) is 4.86. The van der Waals surface area contributed by atoms with E-state index in [1.54, 1.807) is 17.8 Å². The van der Waals surface area contributed by atoms with E-state index in [-0.39, 0.29) is 5.91 Å². The lowest BCUT2D eigenvalue weighted by atomic mass is 10.1. The number of anilines is 2. The molecule has 2 fully saturated rings. The summed E-state index contributed by atoms with van der Waals surface area (Å²) in [5.41, 5.74) is 2.93. The Kier molecular flexibility index (Phi) is 5.72. The number of aromatic nitrogens is 4. The van der Waals surface area contributed by atoms with Gasteiger partial charge in [0.05, 0.1) is 25.8 Å². The maximum absolute atomic E-state index is 11.7. The third-order valence-electron chi connectivity index (χ3n) is 4.84. The van der Waals surface area contributed by atoms with Gasteiger partial charge in [0, 0.05) is 44.6 Å². The van der Waals surface area contributed by atoms with Gasteiger partial charge in [-0.3, -0.25) is 4.79 Å². The van der Waals surface area contributed by atoms with Gasteiger partial charge in [0.15, 0.2) is 5.65 Å². The Balaban J connectivity index is 1.74. The number of methoxy groups -OCH3 is 1. The molecule has 0 radical (unpaired) electrons. The Hall–Kier alpha value is -2.98. The molecule has 2 saturated heterocycles. The number of nitrogens with one attached hydrogen (secondary N) is 2. The lowest BCUT2D eigenvalue weighted by molar-refractivity contribution is -0.118. The van der Waals surface area contributed by atoms with Crippen LogP contribution in [0.3, 0.4) is 0 Å². The van der Waals surface area contributed by atoms with Crippen LogP contribution in [0.4, 0.5) is 11.9 Å². The van der Waals surface area contributed by atoms with E-state index in [1.165, 1.54) is 0 Å². The van der Waals surface area contributed by atoms with E-state index in [2.05, 4.69) is 27.2 Å². The van der Waals surface area contributed by atoms with Crippen molar-refractivity contribution in [2.24, 2.45) is 0 Å². The zero-order valence-corrected chi connectivity index (χ0v) is 16.5. The Labute approximate surface area is 168 Å². The molecule has 4 rings (SSSR count). The summed E-state index contributed by atoms with van der Waals surface area (Å²) in [6.45, 7) is 7.99. The molecule has 0 spiro atoms. The number of hydrogen-bond acceptors (Lipinski definition) is 8. The summed E-state index contributed by atoms with van der Waals surface area (Å²) in [5, 5.41) is 10.5. The standard InChI is InChI=1S/C19H25N7O3/c1-13-14(11-16(27)22-13)10-15-12-21-26-17(15)23-19(24-18(26)20-4-8-28-2)25-5-3-7-29-9-6-25/h10,12H,1,3-9,11H2,2H3,(H,22,27)(H,20,23,24)/b14-10+. The molecule has 2 N–H and O–H groups in total. The molecular formula is C19H25N7O3. The summed E-state index contributed by atoms with van der Waals surface area (Å²) >= 11 is 0. The van der Waals surface area contributed by atoms with Crippen LogP contribution in [0, 0.1) is 0 Å². The minimum absolute atomic E-state index is 0.0560. The van der Waals surface area contributed by atoms with Crippen LogP contribution in [0.5, 0.6) is 0 Å². The fourth-order valence-electron chi connectivity index (χ4n) is 3.35. The monoisotopic (exact) mass is 399 g/mol. The van der Waals surface area contributed by atoms with Crippen LogP contribution >= 0.6 is 0 Å². The first kappa shape index (κ1) is 19.3. The molecule has 4 heterocycles. The third-order valence-corrected chi connectivity index (χ3v) is 4.84. The molecule has 0 saturated carbocycles. The SMILES string of the molecule is C=C1NC(=O)C/C1=C\c1cnn2c(NCCOC)nc(N3CCCOCC3)nc12. The van der Waals surface area contributed by atoms with Crippen molar-refractivity contribution in [1.29, 1.82) is 0 Å². The fourth-order valence-corrected chi connectivity index (χ4v) is 3.35. The van der Waals surface area contributed by atoms with Gasteiger partial charge in [-0.15, -0.1) is 0 Å². The van der Waals surface area contributed by atoms with Crippen molar-refractivity contribution in [3.63, 3.8) is 0 Å². The summed E-state index contributed by atoms with van der Waals surface area (Å²) in [7, 11) is 1.65. The van der Waals surface area contributed by atoms with Gasteiger partial charge in [-0.1, -0.05) is 6.58 Å². The van der Waals surface area contributed by atoms with Crippen LogP contribution in [0.25, 0.3) is 11.7 Å². The molecule has 10 nitrogen and oxygen atoms in total. The van der Waals surface area contributed by atoms with Crippen molar-refractivity contribution in [2.45, 2.75) is 12.8 Å².